The topological polar surface area (TPSA) is 108 Å². The van der Waals surface area contributed by atoms with E-state index in [1.54, 1.807) is 53.0 Å². The van der Waals surface area contributed by atoms with Gasteiger partial charge >= 0.3 is 0 Å². The van der Waals surface area contributed by atoms with Gasteiger partial charge in [0.05, 0.1) is 11.5 Å². The minimum atomic E-state index is -3.60. The number of nitrogens with one attached hydrogen (secondary N) is 3. The molecule has 0 bridgehead atoms. The maximum absolute atomic E-state index is 13.3. The average Bonchev–Trinajstić information content (AvgIpc) is 3.46. The smallest absolute Gasteiger partial charge is 0.243 e. The van der Waals surface area contributed by atoms with E-state index >= 15 is 0 Å². The van der Waals surface area contributed by atoms with Crippen LogP contribution >= 0.6 is 0 Å². The SMILES string of the molecule is O=S(=O)(c1ccc(Nc2nccc(Nc3ccc(F)cc3)n2)cc1)N1CCC(NCc2ccc3c(c2)CCO3)CC1. The summed E-state index contributed by atoms with van der Waals surface area (Å²) in [5, 5.41) is 9.79. The van der Waals surface area contributed by atoms with Gasteiger partial charge in [0, 0.05) is 49.7 Å². The van der Waals surface area contributed by atoms with Crippen LogP contribution in [0.1, 0.15) is 24.0 Å². The summed E-state index contributed by atoms with van der Waals surface area (Å²) < 4.78 is 46.9. The van der Waals surface area contributed by atoms with Gasteiger partial charge in [-0.15, -0.1) is 0 Å². The lowest BCUT2D eigenvalue weighted by Gasteiger charge is -2.31. The van der Waals surface area contributed by atoms with Crippen molar-refractivity contribution in [3.63, 3.8) is 0 Å². The van der Waals surface area contributed by atoms with Gasteiger partial charge < -0.3 is 20.7 Å². The Hall–Kier alpha value is -4.06. The van der Waals surface area contributed by atoms with Crippen molar-refractivity contribution < 1.29 is 17.5 Å². The first-order chi connectivity index (χ1) is 19.9. The zero-order chi connectivity index (χ0) is 28.2. The van der Waals surface area contributed by atoms with Gasteiger partial charge in [0.25, 0.3) is 0 Å². The quantitative estimate of drug-likeness (QED) is 0.257. The molecule has 1 fully saturated rings. The highest BCUT2D eigenvalue weighted by Crippen LogP contribution is 2.27. The van der Waals surface area contributed by atoms with Crippen LogP contribution in [0.2, 0.25) is 0 Å². The second-order valence-electron chi connectivity index (χ2n) is 10.1. The van der Waals surface area contributed by atoms with Crippen molar-refractivity contribution in [3.8, 4) is 5.75 Å². The summed E-state index contributed by atoms with van der Waals surface area (Å²) >= 11 is 0. The van der Waals surface area contributed by atoms with Gasteiger partial charge in [0.1, 0.15) is 17.4 Å². The molecule has 0 amide bonds. The van der Waals surface area contributed by atoms with Crippen LogP contribution in [0.3, 0.4) is 0 Å². The molecule has 41 heavy (non-hydrogen) atoms. The van der Waals surface area contributed by atoms with Crippen LogP contribution in [0.5, 0.6) is 5.75 Å². The predicted molar refractivity (Wildman–Crippen MR) is 156 cm³/mol. The van der Waals surface area contributed by atoms with E-state index in [-0.39, 0.29) is 16.8 Å². The summed E-state index contributed by atoms with van der Waals surface area (Å²) in [4.78, 5) is 8.91. The Morgan fingerprint density at radius 1 is 0.927 bits per heavy atom. The molecular weight excluding hydrogens is 543 g/mol. The van der Waals surface area contributed by atoms with Gasteiger partial charge in [-0.25, -0.2) is 17.8 Å². The fourth-order valence-electron chi connectivity index (χ4n) is 5.07. The van der Waals surface area contributed by atoms with Gasteiger partial charge in [0.15, 0.2) is 0 Å². The van der Waals surface area contributed by atoms with Gasteiger partial charge in [-0.05, 0) is 84.6 Å². The Labute approximate surface area is 238 Å². The molecule has 212 valence electrons. The van der Waals surface area contributed by atoms with Crippen LogP contribution in [0.4, 0.5) is 27.5 Å². The van der Waals surface area contributed by atoms with Crippen molar-refractivity contribution in [3.05, 3.63) is 95.9 Å². The fourth-order valence-corrected chi connectivity index (χ4v) is 6.54. The molecule has 0 radical (unpaired) electrons. The number of halogens is 1. The Balaban J connectivity index is 1.02. The minimum Gasteiger partial charge on any atom is -0.493 e. The summed E-state index contributed by atoms with van der Waals surface area (Å²) in [7, 11) is -3.60. The second-order valence-corrected chi connectivity index (χ2v) is 12.1. The maximum Gasteiger partial charge on any atom is 0.243 e. The number of aromatic nitrogens is 2. The number of ether oxygens (including phenoxy) is 1. The normalized spacial score (nSPS) is 15.7. The molecule has 0 atom stereocenters. The van der Waals surface area contributed by atoms with E-state index < -0.39 is 10.0 Å². The lowest BCUT2D eigenvalue weighted by atomic mass is 10.1. The Kier molecular flexibility index (Phi) is 7.82. The van der Waals surface area contributed by atoms with E-state index in [1.807, 2.05) is 6.07 Å². The van der Waals surface area contributed by atoms with Gasteiger partial charge in [-0.1, -0.05) is 12.1 Å². The Morgan fingerprint density at radius 3 is 2.44 bits per heavy atom. The minimum absolute atomic E-state index is 0.252. The van der Waals surface area contributed by atoms with Crippen LogP contribution < -0.4 is 20.7 Å². The monoisotopic (exact) mass is 574 g/mol. The molecule has 1 aromatic heterocycles. The fraction of sp³-hybridized carbons (Fsp3) is 0.267. The van der Waals surface area contributed by atoms with E-state index in [0.29, 0.717) is 36.2 Å². The molecule has 0 spiro atoms. The summed E-state index contributed by atoms with van der Waals surface area (Å²) in [5.41, 5.74) is 3.83. The van der Waals surface area contributed by atoms with E-state index in [9.17, 15) is 12.8 Å². The number of nitrogens with zero attached hydrogens (tertiary/aromatic N) is 3. The van der Waals surface area contributed by atoms with E-state index in [1.165, 1.54) is 23.3 Å². The molecule has 11 heteroatoms. The Morgan fingerprint density at radius 2 is 1.66 bits per heavy atom. The number of anilines is 4. The van der Waals surface area contributed by atoms with Gasteiger partial charge in [-0.3, -0.25) is 0 Å². The second kappa shape index (κ2) is 11.8. The number of hydrogen-bond acceptors (Lipinski definition) is 8. The van der Waals surface area contributed by atoms with E-state index in [4.69, 9.17) is 4.74 Å². The number of rotatable bonds is 9. The van der Waals surface area contributed by atoms with Crippen molar-refractivity contribution in [2.24, 2.45) is 0 Å². The number of hydrogen-bond donors (Lipinski definition) is 3. The molecule has 2 aliphatic rings. The van der Waals surface area contributed by atoms with E-state index in [2.05, 4.69) is 38.1 Å². The van der Waals surface area contributed by atoms with Crippen LogP contribution in [0.25, 0.3) is 0 Å². The zero-order valence-corrected chi connectivity index (χ0v) is 23.2. The third-order valence-corrected chi connectivity index (χ3v) is 9.24. The summed E-state index contributed by atoms with van der Waals surface area (Å²) in [6, 6.07) is 20.8. The molecule has 3 heterocycles. The number of piperidine rings is 1. The standard InChI is InChI=1S/C30H31FN6O3S/c31-23-2-4-25(5-3-23)34-29-11-15-32-30(36-29)35-26-6-8-27(9-7-26)41(38,39)37-16-12-24(13-17-37)33-20-21-1-10-28-22(19-21)14-18-40-28/h1-11,15,19,24,33H,12-14,16-18,20H2,(H2,32,34,35,36). The predicted octanol–water partition coefficient (Wildman–Crippen LogP) is 4.98. The van der Waals surface area contributed by atoms with Crippen molar-refractivity contribution in [1.82, 2.24) is 19.6 Å². The highest BCUT2D eigenvalue weighted by Gasteiger charge is 2.29. The highest BCUT2D eigenvalue weighted by molar-refractivity contribution is 7.89. The van der Waals surface area contributed by atoms with Crippen molar-refractivity contribution in [2.45, 2.75) is 36.7 Å². The highest BCUT2D eigenvalue weighted by atomic mass is 32.2. The van der Waals surface area contributed by atoms with Gasteiger partial charge in [-0.2, -0.15) is 9.29 Å². The molecule has 2 aliphatic heterocycles. The van der Waals surface area contributed by atoms with Crippen LogP contribution in [0, 0.1) is 5.82 Å². The summed E-state index contributed by atoms with van der Waals surface area (Å²) in [6.45, 7) is 2.45. The van der Waals surface area contributed by atoms with Crippen LogP contribution in [0.15, 0.2) is 83.9 Å². The molecule has 0 saturated carbocycles. The molecule has 9 nitrogen and oxygen atoms in total. The Bertz CT molecular complexity index is 1610. The number of sulfonamides is 1. The van der Waals surface area contributed by atoms with Crippen LogP contribution in [-0.2, 0) is 23.0 Å². The zero-order valence-electron chi connectivity index (χ0n) is 22.4. The first-order valence-corrected chi connectivity index (χ1v) is 15.1. The van der Waals surface area contributed by atoms with Crippen molar-refractivity contribution in [1.29, 1.82) is 0 Å². The van der Waals surface area contributed by atoms with Crippen LogP contribution in [-0.4, -0.2) is 48.4 Å². The maximum atomic E-state index is 13.3. The molecule has 4 aromatic rings. The number of benzene rings is 3. The molecular formula is C30H31FN6O3S. The third kappa shape index (κ3) is 6.48. The average molecular weight is 575 g/mol. The van der Waals surface area contributed by atoms with Crippen molar-refractivity contribution >= 4 is 33.2 Å². The van der Waals surface area contributed by atoms with Crippen molar-refractivity contribution in [2.75, 3.05) is 30.3 Å². The van der Waals surface area contributed by atoms with Gasteiger partial charge in [0.2, 0.25) is 16.0 Å². The lowest BCUT2D eigenvalue weighted by Crippen LogP contribution is -2.44. The molecule has 0 aliphatic carbocycles. The molecule has 3 N–H and O–H groups in total. The first kappa shape index (κ1) is 27.1. The van der Waals surface area contributed by atoms with E-state index in [0.717, 1.165) is 38.2 Å². The largest absolute Gasteiger partial charge is 0.493 e. The molecule has 6 rings (SSSR count). The molecule has 3 aromatic carbocycles. The molecule has 0 unspecified atom stereocenters. The summed E-state index contributed by atoms with van der Waals surface area (Å²) in [5.74, 6) is 1.54. The lowest BCUT2D eigenvalue weighted by molar-refractivity contribution is 0.288. The number of fused-ring (bicyclic) bond motifs is 1. The molecule has 1 saturated heterocycles. The summed E-state index contributed by atoms with van der Waals surface area (Å²) in [6.07, 6.45) is 4.06. The third-order valence-electron chi connectivity index (χ3n) is 7.32. The first-order valence-electron chi connectivity index (χ1n) is 13.6.